The van der Waals surface area contributed by atoms with Crippen LogP contribution in [0.5, 0.6) is 0 Å². The number of hydrogen-bond donors (Lipinski definition) is 1. The van der Waals surface area contributed by atoms with Crippen LogP contribution in [-0.4, -0.2) is 38.3 Å². The van der Waals surface area contributed by atoms with E-state index >= 15 is 0 Å². The average Bonchev–Trinajstić information content (AvgIpc) is 2.49. The summed E-state index contributed by atoms with van der Waals surface area (Å²) in [5.74, 6) is -0.799. The summed E-state index contributed by atoms with van der Waals surface area (Å²) in [7, 11) is 1.85. The molecule has 0 spiro atoms. The monoisotopic (exact) mass is 211 g/mol. The lowest BCUT2D eigenvalue weighted by atomic mass is 10.2. The number of aryl methyl sites for hydroxylation is 1. The fourth-order valence-electron chi connectivity index (χ4n) is 1.38. The third-order valence-electron chi connectivity index (χ3n) is 2.21. The van der Waals surface area contributed by atoms with Crippen molar-refractivity contribution in [1.82, 2.24) is 14.7 Å². The molecule has 5 heteroatoms. The average molecular weight is 211 g/mol. The highest BCUT2D eigenvalue weighted by molar-refractivity contribution is 5.69. The second-order valence-corrected chi connectivity index (χ2v) is 3.91. The van der Waals surface area contributed by atoms with E-state index in [1.165, 1.54) is 0 Å². The third-order valence-corrected chi connectivity index (χ3v) is 2.21. The minimum Gasteiger partial charge on any atom is -0.480 e. The van der Waals surface area contributed by atoms with Crippen LogP contribution in [0.2, 0.25) is 0 Å². The van der Waals surface area contributed by atoms with E-state index in [-0.39, 0.29) is 12.6 Å². The first-order valence-electron chi connectivity index (χ1n) is 4.92. The summed E-state index contributed by atoms with van der Waals surface area (Å²) in [6.45, 7) is 4.66. The number of nitrogens with zero attached hydrogens (tertiary/aromatic N) is 3. The van der Waals surface area contributed by atoms with Gasteiger partial charge in [0.05, 0.1) is 12.7 Å². The summed E-state index contributed by atoms with van der Waals surface area (Å²) in [6.07, 6.45) is 3.66. The fraction of sp³-hybridized carbons (Fsp3) is 0.600. The summed E-state index contributed by atoms with van der Waals surface area (Å²) in [4.78, 5) is 12.5. The lowest BCUT2D eigenvalue weighted by Gasteiger charge is -2.23. The van der Waals surface area contributed by atoms with Crippen molar-refractivity contribution in [1.29, 1.82) is 0 Å². The quantitative estimate of drug-likeness (QED) is 0.779. The minimum atomic E-state index is -0.799. The molecule has 0 atom stereocenters. The maximum absolute atomic E-state index is 10.6. The van der Waals surface area contributed by atoms with Crippen molar-refractivity contribution in [2.45, 2.75) is 26.4 Å². The van der Waals surface area contributed by atoms with Crippen LogP contribution in [0.1, 0.15) is 19.4 Å². The summed E-state index contributed by atoms with van der Waals surface area (Å²) >= 11 is 0. The van der Waals surface area contributed by atoms with Crippen LogP contribution in [-0.2, 0) is 18.4 Å². The van der Waals surface area contributed by atoms with Crippen LogP contribution in [0, 0.1) is 0 Å². The standard InChI is InChI=1S/C10H17N3O2/c1-8(2)13(7-10(14)15)6-9-4-11-12(3)5-9/h4-5,8H,6-7H2,1-3H3,(H,14,15). The van der Waals surface area contributed by atoms with E-state index in [0.29, 0.717) is 6.54 Å². The van der Waals surface area contributed by atoms with E-state index in [0.717, 1.165) is 5.56 Å². The number of rotatable bonds is 5. The lowest BCUT2D eigenvalue weighted by Crippen LogP contribution is -2.34. The minimum absolute atomic E-state index is 0.0621. The van der Waals surface area contributed by atoms with Gasteiger partial charge < -0.3 is 5.11 Å². The first-order valence-corrected chi connectivity index (χ1v) is 4.92. The summed E-state index contributed by atoms with van der Waals surface area (Å²) in [5, 5.41) is 12.8. The van der Waals surface area contributed by atoms with E-state index in [1.807, 2.05) is 32.0 Å². The molecule has 15 heavy (non-hydrogen) atoms. The Kier molecular flexibility index (Phi) is 3.85. The Balaban J connectivity index is 2.62. The molecule has 0 fully saturated rings. The van der Waals surface area contributed by atoms with Crippen molar-refractivity contribution < 1.29 is 9.90 Å². The third kappa shape index (κ3) is 3.71. The summed E-state index contributed by atoms with van der Waals surface area (Å²) in [6, 6.07) is 0.210. The zero-order chi connectivity index (χ0) is 11.4. The number of aliphatic carboxylic acids is 1. The van der Waals surface area contributed by atoms with Gasteiger partial charge in [0.2, 0.25) is 0 Å². The smallest absolute Gasteiger partial charge is 0.317 e. The van der Waals surface area contributed by atoms with Gasteiger partial charge in [-0.05, 0) is 13.8 Å². The van der Waals surface area contributed by atoms with Crippen molar-refractivity contribution in [3.05, 3.63) is 18.0 Å². The van der Waals surface area contributed by atoms with Gasteiger partial charge in [-0.3, -0.25) is 14.4 Å². The Labute approximate surface area is 89.3 Å². The first-order chi connectivity index (χ1) is 6.99. The van der Waals surface area contributed by atoms with Crippen molar-refractivity contribution in [3.8, 4) is 0 Å². The number of hydrogen-bond acceptors (Lipinski definition) is 3. The molecule has 0 bridgehead atoms. The topological polar surface area (TPSA) is 58.4 Å². The van der Waals surface area contributed by atoms with E-state index < -0.39 is 5.97 Å². The van der Waals surface area contributed by atoms with Crippen LogP contribution in [0.25, 0.3) is 0 Å². The van der Waals surface area contributed by atoms with Gasteiger partial charge in [-0.15, -0.1) is 0 Å². The normalized spacial score (nSPS) is 11.3. The molecule has 0 aliphatic rings. The second-order valence-electron chi connectivity index (χ2n) is 3.91. The Morgan fingerprint density at radius 1 is 1.67 bits per heavy atom. The molecule has 0 saturated heterocycles. The largest absolute Gasteiger partial charge is 0.480 e. The van der Waals surface area contributed by atoms with Gasteiger partial charge in [0.1, 0.15) is 0 Å². The Morgan fingerprint density at radius 2 is 2.33 bits per heavy atom. The molecule has 0 unspecified atom stereocenters. The highest BCUT2D eigenvalue weighted by atomic mass is 16.4. The van der Waals surface area contributed by atoms with Gasteiger partial charge in [-0.25, -0.2) is 0 Å². The molecule has 1 aromatic rings. The van der Waals surface area contributed by atoms with Crippen LogP contribution < -0.4 is 0 Å². The van der Waals surface area contributed by atoms with Crippen molar-refractivity contribution in [2.75, 3.05) is 6.54 Å². The second kappa shape index (κ2) is 4.93. The first kappa shape index (κ1) is 11.7. The molecule has 0 aromatic carbocycles. The van der Waals surface area contributed by atoms with Gasteiger partial charge in [0.25, 0.3) is 0 Å². The SMILES string of the molecule is CC(C)N(CC(=O)O)Cc1cnn(C)c1. The molecule has 1 rings (SSSR count). The zero-order valence-electron chi connectivity index (χ0n) is 9.34. The van der Waals surface area contributed by atoms with Gasteiger partial charge in [-0.1, -0.05) is 0 Å². The van der Waals surface area contributed by atoms with E-state index in [1.54, 1.807) is 10.9 Å². The molecule has 0 aliphatic carbocycles. The molecule has 84 valence electrons. The molecule has 1 heterocycles. The number of carboxylic acids is 1. The number of aromatic nitrogens is 2. The van der Waals surface area contributed by atoms with E-state index in [9.17, 15) is 4.79 Å². The van der Waals surface area contributed by atoms with E-state index in [2.05, 4.69) is 5.10 Å². The van der Waals surface area contributed by atoms with Crippen molar-refractivity contribution in [2.24, 2.45) is 7.05 Å². The highest BCUT2D eigenvalue weighted by Gasteiger charge is 2.14. The van der Waals surface area contributed by atoms with Crippen LogP contribution in [0.4, 0.5) is 0 Å². The van der Waals surface area contributed by atoms with Crippen molar-refractivity contribution in [3.63, 3.8) is 0 Å². The van der Waals surface area contributed by atoms with Crippen LogP contribution in [0.3, 0.4) is 0 Å². The lowest BCUT2D eigenvalue weighted by molar-refractivity contribution is -0.138. The summed E-state index contributed by atoms with van der Waals surface area (Å²) in [5.41, 5.74) is 1.03. The molecular weight excluding hydrogens is 194 g/mol. The maximum Gasteiger partial charge on any atom is 0.317 e. The number of carbonyl (C=O) groups is 1. The molecule has 0 aliphatic heterocycles. The van der Waals surface area contributed by atoms with Gasteiger partial charge in [-0.2, -0.15) is 5.10 Å². The highest BCUT2D eigenvalue weighted by Crippen LogP contribution is 2.06. The van der Waals surface area contributed by atoms with E-state index in [4.69, 9.17) is 5.11 Å². The molecule has 0 saturated carbocycles. The fourth-order valence-corrected chi connectivity index (χ4v) is 1.38. The molecule has 1 aromatic heterocycles. The van der Waals surface area contributed by atoms with Gasteiger partial charge in [0, 0.05) is 31.4 Å². The van der Waals surface area contributed by atoms with Crippen LogP contribution >= 0.6 is 0 Å². The van der Waals surface area contributed by atoms with Gasteiger partial charge >= 0.3 is 5.97 Å². The maximum atomic E-state index is 10.6. The van der Waals surface area contributed by atoms with Crippen LogP contribution in [0.15, 0.2) is 12.4 Å². The molecular formula is C10H17N3O2. The molecule has 0 amide bonds. The Bertz CT molecular complexity index is 333. The Morgan fingerprint density at radius 3 is 2.73 bits per heavy atom. The summed E-state index contributed by atoms with van der Waals surface area (Å²) < 4.78 is 1.72. The predicted octanol–water partition coefficient (Wildman–Crippen LogP) is 0.715. The Hall–Kier alpha value is -1.36. The van der Waals surface area contributed by atoms with Gasteiger partial charge in [0.15, 0.2) is 0 Å². The molecule has 1 N–H and O–H groups in total. The zero-order valence-corrected chi connectivity index (χ0v) is 9.34. The van der Waals surface area contributed by atoms with Crippen molar-refractivity contribution >= 4 is 5.97 Å². The molecule has 5 nitrogen and oxygen atoms in total. The number of carboxylic acid groups (broad SMARTS) is 1. The molecule has 0 radical (unpaired) electrons. The predicted molar refractivity (Wildman–Crippen MR) is 56.4 cm³/mol.